The van der Waals surface area contributed by atoms with E-state index in [1.54, 1.807) is 0 Å². The lowest BCUT2D eigenvalue weighted by Gasteiger charge is -2.15. The van der Waals surface area contributed by atoms with Crippen LogP contribution in [0.4, 0.5) is 9.59 Å². The molecule has 4 N–H and O–H groups in total. The van der Waals surface area contributed by atoms with Crippen LogP contribution in [0.3, 0.4) is 0 Å². The van der Waals surface area contributed by atoms with E-state index in [1.165, 1.54) is 9.80 Å². The average Bonchev–Trinajstić information content (AvgIpc) is 2.87. The maximum Gasteiger partial charge on any atom is 0.408 e. The van der Waals surface area contributed by atoms with Gasteiger partial charge in [-0.3, -0.25) is 4.90 Å². The minimum Gasteiger partial charge on any atom is -0.465 e. The number of hydrogen-bond donors (Lipinski definition) is 3. The molecule has 0 radical (unpaired) electrons. The molecule has 0 spiro atoms. The van der Waals surface area contributed by atoms with Gasteiger partial charge >= 0.3 is 12.2 Å². The van der Waals surface area contributed by atoms with Crippen molar-refractivity contribution in [1.82, 2.24) is 9.80 Å². The van der Waals surface area contributed by atoms with Gasteiger partial charge in [-0.15, -0.1) is 0 Å². The number of hydrogen-bond acceptors (Lipinski definition) is 3. The summed E-state index contributed by atoms with van der Waals surface area (Å²) < 4.78 is 0. The van der Waals surface area contributed by atoms with Crippen molar-refractivity contribution in [2.45, 2.75) is 31.8 Å². The molecule has 7 nitrogen and oxygen atoms in total. The Kier molecular flexibility index (Phi) is 5.02. The van der Waals surface area contributed by atoms with Crippen LogP contribution >= 0.6 is 0 Å². The third kappa shape index (κ3) is 4.10. The fourth-order valence-electron chi connectivity index (χ4n) is 1.94. The summed E-state index contributed by atoms with van der Waals surface area (Å²) in [4.78, 5) is 23.1. The van der Waals surface area contributed by atoms with E-state index in [4.69, 9.17) is 15.9 Å². The minimum atomic E-state index is -0.903. The number of nitrogens with two attached hydrogens (primary N) is 1. The summed E-state index contributed by atoms with van der Waals surface area (Å²) in [6, 6.07) is 0. The Labute approximate surface area is 99.8 Å². The number of likely N-dealkylation sites (tertiary alicyclic amines) is 2. The van der Waals surface area contributed by atoms with Gasteiger partial charge in [-0.1, -0.05) is 0 Å². The van der Waals surface area contributed by atoms with Crippen LogP contribution in [0.15, 0.2) is 0 Å². The molecular weight excluding hydrogens is 226 g/mol. The second kappa shape index (κ2) is 6.29. The Morgan fingerprint density at radius 1 is 1.00 bits per heavy atom. The topological polar surface area (TPSA) is 107 Å². The number of carboxylic acid groups (broad SMARTS) is 2. The number of rotatable bonds is 0. The first-order valence-electron chi connectivity index (χ1n) is 5.75. The largest absolute Gasteiger partial charge is 0.465 e. The molecule has 2 amide bonds. The number of carbonyl (C=O) groups is 2. The Morgan fingerprint density at radius 3 is 1.82 bits per heavy atom. The number of nitrogens with zero attached hydrogens (tertiary/aromatic N) is 2. The predicted octanol–water partition coefficient (Wildman–Crippen LogP) is 0.805. The highest BCUT2D eigenvalue weighted by atomic mass is 16.4. The molecule has 1 atom stereocenters. The lowest BCUT2D eigenvalue weighted by molar-refractivity contribution is 0.141. The molecule has 0 bridgehead atoms. The van der Waals surface area contributed by atoms with Crippen LogP contribution < -0.4 is 5.73 Å². The highest BCUT2D eigenvalue weighted by molar-refractivity contribution is 5.65. The molecule has 2 heterocycles. The van der Waals surface area contributed by atoms with E-state index in [-0.39, 0.29) is 6.17 Å². The zero-order valence-electron chi connectivity index (χ0n) is 9.71. The Hall–Kier alpha value is -1.50. The average molecular weight is 245 g/mol. The van der Waals surface area contributed by atoms with Crippen molar-refractivity contribution in [1.29, 1.82) is 0 Å². The van der Waals surface area contributed by atoms with E-state index >= 15 is 0 Å². The molecule has 98 valence electrons. The SMILES string of the molecule is NC1CCCN1C(=O)O.O=C(O)N1CCCC1. The van der Waals surface area contributed by atoms with Crippen LogP contribution in [0.25, 0.3) is 0 Å². The summed E-state index contributed by atoms with van der Waals surface area (Å²) in [5, 5.41) is 16.8. The minimum absolute atomic E-state index is 0.262. The highest BCUT2D eigenvalue weighted by Crippen LogP contribution is 2.11. The van der Waals surface area contributed by atoms with Crippen molar-refractivity contribution in [2.75, 3.05) is 19.6 Å². The van der Waals surface area contributed by atoms with Crippen LogP contribution in [0, 0.1) is 0 Å². The van der Waals surface area contributed by atoms with Crippen molar-refractivity contribution in [3.05, 3.63) is 0 Å². The third-order valence-corrected chi connectivity index (χ3v) is 2.92. The molecular formula is C10H19N3O4. The molecule has 7 heteroatoms. The lowest BCUT2D eigenvalue weighted by Crippen LogP contribution is -2.39. The molecule has 2 saturated heterocycles. The predicted molar refractivity (Wildman–Crippen MR) is 60.8 cm³/mol. The van der Waals surface area contributed by atoms with Crippen LogP contribution in [0.2, 0.25) is 0 Å². The van der Waals surface area contributed by atoms with Gasteiger partial charge in [0.05, 0.1) is 6.17 Å². The van der Waals surface area contributed by atoms with Gasteiger partial charge in [-0.05, 0) is 25.7 Å². The fraction of sp³-hybridized carbons (Fsp3) is 0.800. The summed E-state index contributed by atoms with van der Waals surface area (Å²) in [6.45, 7) is 2.06. The first-order chi connectivity index (χ1) is 8.02. The van der Waals surface area contributed by atoms with Crippen LogP contribution in [-0.4, -0.2) is 58.0 Å². The quantitative estimate of drug-likeness (QED) is 0.585. The Balaban J connectivity index is 0.000000171. The molecule has 2 aliphatic rings. The summed E-state index contributed by atoms with van der Waals surface area (Å²) in [5.74, 6) is 0. The molecule has 0 aliphatic carbocycles. The van der Waals surface area contributed by atoms with Gasteiger partial charge in [0.25, 0.3) is 0 Å². The maximum atomic E-state index is 10.3. The van der Waals surface area contributed by atoms with Crippen LogP contribution in [0.1, 0.15) is 25.7 Å². The van der Waals surface area contributed by atoms with Gasteiger partial charge in [-0.2, -0.15) is 0 Å². The van der Waals surface area contributed by atoms with Crippen molar-refractivity contribution in [2.24, 2.45) is 5.73 Å². The van der Waals surface area contributed by atoms with E-state index in [2.05, 4.69) is 0 Å². The van der Waals surface area contributed by atoms with Gasteiger partial charge in [0.2, 0.25) is 0 Å². The molecule has 17 heavy (non-hydrogen) atoms. The summed E-state index contributed by atoms with van der Waals surface area (Å²) >= 11 is 0. The highest BCUT2D eigenvalue weighted by Gasteiger charge is 2.24. The van der Waals surface area contributed by atoms with E-state index in [1.807, 2.05) is 0 Å². The smallest absolute Gasteiger partial charge is 0.408 e. The monoisotopic (exact) mass is 245 g/mol. The molecule has 2 rings (SSSR count). The van der Waals surface area contributed by atoms with Gasteiger partial charge in [0, 0.05) is 19.6 Å². The first kappa shape index (κ1) is 13.6. The summed E-state index contributed by atoms with van der Waals surface area (Å²) in [7, 11) is 0. The van der Waals surface area contributed by atoms with Crippen molar-refractivity contribution >= 4 is 12.2 Å². The third-order valence-electron chi connectivity index (χ3n) is 2.92. The van der Waals surface area contributed by atoms with Crippen molar-refractivity contribution < 1.29 is 19.8 Å². The van der Waals surface area contributed by atoms with Crippen molar-refractivity contribution in [3.8, 4) is 0 Å². The molecule has 2 fully saturated rings. The van der Waals surface area contributed by atoms with Gasteiger partial charge in [0.15, 0.2) is 0 Å². The molecule has 0 aromatic rings. The normalized spacial score (nSPS) is 23.2. The zero-order chi connectivity index (χ0) is 12.8. The Morgan fingerprint density at radius 2 is 1.59 bits per heavy atom. The molecule has 0 aromatic heterocycles. The second-order valence-electron chi connectivity index (χ2n) is 4.16. The lowest BCUT2D eigenvalue weighted by atomic mass is 10.3. The standard InChI is InChI=1S/C5H10N2O2.C5H9NO2/c6-4-2-1-3-7(4)5(8)9;7-5(8)6-3-1-2-4-6/h4H,1-3,6H2,(H,8,9);1-4H2,(H,7,8). The van der Waals surface area contributed by atoms with E-state index < -0.39 is 12.2 Å². The molecule has 1 unspecified atom stereocenters. The number of amides is 2. The summed E-state index contributed by atoms with van der Waals surface area (Å²) in [6.07, 6.45) is 1.82. The van der Waals surface area contributed by atoms with E-state index in [9.17, 15) is 9.59 Å². The van der Waals surface area contributed by atoms with E-state index in [0.29, 0.717) is 6.54 Å². The Bertz CT molecular complexity index is 279. The van der Waals surface area contributed by atoms with E-state index in [0.717, 1.165) is 38.8 Å². The molecule has 2 aliphatic heterocycles. The van der Waals surface area contributed by atoms with Gasteiger partial charge in [-0.25, -0.2) is 9.59 Å². The van der Waals surface area contributed by atoms with Crippen LogP contribution in [-0.2, 0) is 0 Å². The first-order valence-corrected chi connectivity index (χ1v) is 5.75. The van der Waals surface area contributed by atoms with Gasteiger partial charge < -0.3 is 20.8 Å². The molecule has 0 saturated carbocycles. The molecule has 0 aromatic carbocycles. The second-order valence-corrected chi connectivity index (χ2v) is 4.16. The zero-order valence-corrected chi connectivity index (χ0v) is 9.71. The van der Waals surface area contributed by atoms with Gasteiger partial charge in [0.1, 0.15) is 0 Å². The van der Waals surface area contributed by atoms with Crippen molar-refractivity contribution in [3.63, 3.8) is 0 Å². The van der Waals surface area contributed by atoms with Crippen LogP contribution in [0.5, 0.6) is 0 Å². The summed E-state index contributed by atoms with van der Waals surface area (Å²) in [5.41, 5.74) is 5.43. The maximum absolute atomic E-state index is 10.3. The fourth-order valence-corrected chi connectivity index (χ4v) is 1.94.